The molecule has 1 heterocycles. The van der Waals surface area contributed by atoms with Crippen molar-refractivity contribution in [2.45, 2.75) is 25.3 Å². The number of piperidine rings is 1. The van der Waals surface area contributed by atoms with Crippen LogP contribution in [0.15, 0.2) is 24.3 Å². The molecule has 1 aromatic rings. The molecule has 2 rings (SSSR count). The molecule has 1 aliphatic heterocycles. The average molecular weight is 249 g/mol. The lowest BCUT2D eigenvalue weighted by Gasteiger charge is -2.33. The molecule has 0 bridgehead atoms. The summed E-state index contributed by atoms with van der Waals surface area (Å²) in [5.41, 5.74) is 0.607. The van der Waals surface area contributed by atoms with Gasteiger partial charge in [-0.3, -0.25) is 9.69 Å². The highest BCUT2D eigenvalue weighted by molar-refractivity contribution is 5.97. The second kappa shape index (κ2) is 5.98. The Kier molecular flexibility index (Phi) is 4.33. The molecule has 0 radical (unpaired) electrons. The van der Waals surface area contributed by atoms with Gasteiger partial charge in [-0.15, -0.1) is 0 Å². The minimum atomic E-state index is 0.0374. The van der Waals surface area contributed by atoms with Gasteiger partial charge in [-0.25, -0.2) is 0 Å². The molecule has 2 N–H and O–H groups in total. The molecule has 98 valence electrons. The summed E-state index contributed by atoms with van der Waals surface area (Å²) in [5.74, 6) is 0.202. The maximum atomic E-state index is 12.1. The molecule has 0 spiro atoms. The van der Waals surface area contributed by atoms with Crippen molar-refractivity contribution in [2.24, 2.45) is 0 Å². The number of hydrogen-bond acceptors (Lipinski definition) is 4. The van der Waals surface area contributed by atoms with Crippen molar-refractivity contribution in [3.63, 3.8) is 0 Å². The molecule has 1 aromatic carbocycles. The molecule has 0 aromatic heterocycles. The highest BCUT2D eigenvalue weighted by Crippen LogP contribution is 2.17. The standard InChI is InChI=1S/C14H19NO3/c16-10-12-3-1-2-8-15(12)9-14(18)11-4-6-13(17)7-5-11/h4-7,12,16-17H,1-3,8-10H2. The predicted molar refractivity (Wildman–Crippen MR) is 68.7 cm³/mol. The van der Waals surface area contributed by atoms with E-state index in [1.54, 1.807) is 12.1 Å². The third kappa shape index (κ3) is 3.09. The van der Waals surface area contributed by atoms with E-state index in [0.717, 1.165) is 25.8 Å². The Bertz CT molecular complexity index is 402. The number of rotatable bonds is 4. The monoisotopic (exact) mass is 249 g/mol. The Morgan fingerprint density at radius 1 is 1.28 bits per heavy atom. The average Bonchev–Trinajstić information content (AvgIpc) is 2.40. The highest BCUT2D eigenvalue weighted by Gasteiger charge is 2.23. The number of carbonyl (C=O) groups excluding carboxylic acids is 1. The van der Waals surface area contributed by atoms with Gasteiger partial charge in [0.1, 0.15) is 5.75 Å². The van der Waals surface area contributed by atoms with Gasteiger partial charge in [0.15, 0.2) is 5.78 Å². The Hall–Kier alpha value is -1.39. The van der Waals surface area contributed by atoms with Gasteiger partial charge in [-0.05, 0) is 43.7 Å². The van der Waals surface area contributed by atoms with Crippen molar-refractivity contribution in [1.82, 2.24) is 4.90 Å². The van der Waals surface area contributed by atoms with Crippen LogP contribution in [0, 0.1) is 0 Å². The Balaban J connectivity index is 1.99. The predicted octanol–water partition coefficient (Wildman–Crippen LogP) is 1.42. The molecule has 18 heavy (non-hydrogen) atoms. The molecule has 0 amide bonds. The summed E-state index contributed by atoms with van der Waals surface area (Å²) in [5, 5.41) is 18.5. The lowest BCUT2D eigenvalue weighted by Crippen LogP contribution is -2.44. The number of hydrogen-bond donors (Lipinski definition) is 2. The van der Waals surface area contributed by atoms with E-state index in [0.29, 0.717) is 12.1 Å². The van der Waals surface area contributed by atoms with Gasteiger partial charge >= 0.3 is 0 Å². The zero-order valence-electron chi connectivity index (χ0n) is 10.4. The number of aromatic hydroxyl groups is 1. The lowest BCUT2D eigenvalue weighted by molar-refractivity contribution is 0.0711. The first-order chi connectivity index (χ1) is 8.70. The van der Waals surface area contributed by atoms with Crippen molar-refractivity contribution in [3.8, 4) is 5.75 Å². The lowest BCUT2D eigenvalue weighted by atomic mass is 10.0. The van der Waals surface area contributed by atoms with Crippen LogP contribution in [0.5, 0.6) is 5.75 Å². The molecule has 1 aliphatic rings. The first-order valence-electron chi connectivity index (χ1n) is 6.38. The fourth-order valence-electron chi connectivity index (χ4n) is 2.40. The van der Waals surface area contributed by atoms with Crippen LogP contribution in [-0.4, -0.2) is 46.6 Å². The molecular weight excluding hydrogens is 230 g/mol. The molecular formula is C14H19NO3. The second-order valence-electron chi connectivity index (χ2n) is 4.77. The van der Waals surface area contributed by atoms with Gasteiger partial charge in [-0.2, -0.15) is 0 Å². The number of phenols is 1. The largest absolute Gasteiger partial charge is 0.508 e. The maximum Gasteiger partial charge on any atom is 0.176 e. The van der Waals surface area contributed by atoms with Gasteiger partial charge in [-0.1, -0.05) is 6.42 Å². The molecule has 0 saturated carbocycles. The summed E-state index contributed by atoms with van der Waals surface area (Å²) in [6.07, 6.45) is 3.16. The van der Waals surface area contributed by atoms with Crippen molar-refractivity contribution >= 4 is 5.78 Å². The van der Waals surface area contributed by atoms with E-state index in [-0.39, 0.29) is 24.2 Å². The number of aliphatic hydroxyl groups excluding tert-OH is 1. The molecule has 1 unspecified atom stereocenters. The SMILES string of the molecule is O=C(CN1CCCCC1CO)c1ccc(O)cc1. The van der Waals surface area contributed by atoms with Crippen LogP contribution >= 0.6 is 0 Å². The van der Waals surface area contributed by atoms with E-state index < -0.39 is 0 Å². The zero-order valence-corrected chi connectivity index (χ0v) is 10.4. The zero-order chi connectivity index (χ0) is 13.0. The maximum absolute atomic E-state index is 12.1. The van der Waals surface area contributed by atoms with Gasteiger partial charge in [0, 0.05) is 11.6 Å². The van der Waals surface area contributed by atoms with Gasteiger partial charge in [0.25, 0.3) is 0 Å². The van der Waals surface area contributed by atoms with E-state index in [1.807, 2.05) is 0 Å². The van der Waals surface area contributed by atoms with Gasteiger partial charge < -0.3 is 10.2 Å². The Labute approximate surface area is 107 Å². The molecule has 1 saturated heterocycles. The first-order valence-corrected chi connectivity index (χ1v) is 6.38. The topological polar surface area (TPSA) is 60.8 Å². The second-order valence-corrected chi connectivity index (χ2v) is 4.77. The van der Waals surface area contributed by atoms with E-state index in [9.17, 15) is 15.0 Å². The van der Waals surface area contributed by atoms with Gasteiger partial charge in [0.05, 0.1) is 13.2 Å². The van der Waals surface area contributed by atoms with E-state index in [4.69, 9.17) is 0 Å². The van der Waals surface area contributed by atoms with E-state index in [1.165, 1.54) is 12.1 Å². The van der Waals surface area contributed by atoms with E-state index in [2.05, 4.69) is 4.90 Å². The van der Waals surface area contributed by atoms with Gasteiger partial charge in [0.2, 0.25) is 0 Å². The number of phenolic OH excluding ortho intramolecular Hbond substituents is 1. The number of ketones is 1. The summed E-state index contributed by atoms with van der Waals surface area (Å²) >= 11 is 0. The van der Waals surface area contributed by atoms with Crippen molar-refractivity contribution in [1.29, 1.82) is 0 Å². The van der Waals surface area contributed by atoms with Crippen LogP contribution in [-0.2, 0) is 0 Å². The smallest absolute Gasteiger partial charge is 0.176 e. The van der Waals surface area contributed by atoms with Crippen molar-refractivity contribution in [2.75, 3.05) is 19.7 Å². The molecule has 1 fully saturated rings. The summed E-state index contributed by atoms with van der Waals surface area (Å²) < 4.78 is 0. The van der Waals surface area contributed by atoms with Crippen LogP contribution in [0.1, 0.15) is 29.6 Å². The Morgan fingerprint density at radius 3 is 2.67 bits per heavy atom. The van der Waals surface area contributed by atoms with Crippen molar-refractivity contribution < 1.29 is 15.0 Å². The van der Waals surface area contributed by atoms with Crippen LogP contribution in [0.3, 0.4) is 0 Å². The summed E-state index contributed by atoms with van der Waals surface area (Å²) in [6, 6.07) is 6.42. The fraction of sp³-hybridized carbons (Fsp3) is 0.500. The van der Waals surface area contributed by atoms with Crippen LogP contribution in [0.25, 0.3) is 0 Å². The third-order valence-corrected chi connectivity index (χ3v) is 3.50. The number of benzene rings is 1. The highest BCUT2D eigenvalue weighted by atomic mass is 16.3. The number of likely N-dealkylation sites (tertiary alicyclic amines) is 1. The number of Topliss-reactive ketones (excluding diaryl/α,β-unsaturated/α-hetero) is 1. The molecule has 0 aliphatic carbocycles. The Morgan fingerprint density at radius 2 is 2.00 bits per heavy atom. The third-order valence-electron chi connectivity index (χ3n) is 3.50. The molecule has 4 nitrogen and oxygen atoms in total. The summed E-state index contributed by atoms with van der Waals surface area (Å²) in [7, 11) is 0. The number of carbonyl (C=O) groups is 1. The minimum absolute atomic E-state index is 0.0374. The van der Waals surface area contributed by atoms with Crippen LogP contribution in [0.2, 0.25) is 0 Å². The van der Waals surface area contributed by atoms with Crippen LogP contribution < -0.4 is 0 Å². The van der Waals surface area contributed by atoms with Crippen LogP contribution in [0.4, 0.5) is 0 Å². The first kappa shape index (κ1) is 13.1. The van der Waals surface area contributed by atoms with Crippen molar-refractivity contribution in [3.05, 3.63) is 29.8 Å². The summed E-state index contributed by atoms with van der Waals surface area (Å²) in [4.78, 5) is 14.1. The van der Waals surface area contributed by atoms with E-state index >= 15 is 0 Å². The summed E-state index contributed by atoms with van der Waals surface area (Å²) in [6.45, 7) is 1.33. The number of aliphatic hydroxyl groups is 1. The fourth-order valence-corrected chi connectivity index (χ4v) is 2.40. The minimum Gasteiger partial charge on any atom is -0.508 e. The molecule has 1 atom stereocenters. The normalized spacial score (nSPS) is 20.8. The molecule has 4 heteroatoms. The number of nitrogens with zero attached hydrogens (tertiary/aromatic N) is 1. The quantitative estimate of drug-likeness (QED) is 0.792.